The van der Waals surface area contributed by atoms with Gasteiger partial charge in [0.2, 0.25) is 0 Å². The van der Waals surface area contributed by atoms with Crippen LogP contribution in [-0.4, -0.2) is 33.2 Å². The van der Waals surface area contributed by atoms with Gasteiger partial charge < -0.3 is 32.3 Å². The number of nitrogens with zero attached hydrogens (tertiary/aromatic N) is 12. The summed E-state index contributed by atoms with van der Waals surface area (Å²) >= 11 is 0. The van der Waals surface area contributed by atoms with Crippen molar-refractivity contribution in [2.45, 2.75) is 27.7 Å². The van der Waals surface area contributed by atoms with Gasteiger partial charge in [-0.05, 0) is 63.8 Å². The van der Waals surface area contributed by atoms with E-state index in [0.717, 1.165) is 11.4 Å². The predicted molar refractivity (Wildman–Crippen MR) is 119 cm³/mol. The normalized spacial score (nSPS) is 10.5. The Hall–Kier alpha value is -3.76. The Morgan fingerprint density at radius 1 is 0.647 bits per heavy atom. The van der Waals surface area contributed by atoms with Gasteiger partial charge in [0.1, 0.15) is 0 Å². The molecular weight excluding hydrogens is 543 g/mol. The molecule has 34 heavy (non-hydrogen) atoms. The van der Waals surface area contributed by atoms with E-state index in [-0.39, 0.29) is 45.9 Å². The van der Waals surface area contributed by atoms with E-state index in [2.05, 4.69) is 30.4 Å². The molecule has 0 fully saturated rings. The fourth-order valence-electron chi connectivity index (χ4n) is 1.55. The van der Waals surface area contributed by atoms with Crippen LogP contribution in [0.3, 0.4) is 0 Å². The number of hydrogen-bond donors (Lipinski definition) is 0. The molecule has 0 atom stereocenters. The van der Waals surface area contributed by atoms with Crippen molar-refractivity contribution in [3.63, 3.8) is 0 Å². The van der Waals surface area contributed by atoms with Crippen molar-refractivity contribution in [2.75, 3.05) is 0 Å². The molecule has 16 heteroatoms. The first kappa shape index (κ1) is 37.5. The van der Waals surface area contributed by atoms with E-state index in [4.69, 9.17) is 22.1 Å². The number of hydrogen-bond acceptors (Lipinski definition) is 8. The minimum absolute atomic E-state index is 0. The molecule has 0 unspecified atom stereocenters. The molecule has 0 aliphatic carbocycles. The van der Waals surface area contributed by atoms with Gasteiger partial charge in [-0.15, -0.1) is 0 Å². The van der Waals surface area contributed by atoms with Crippen LogP contribution in [0.4, 0.5) is 0 Å². The third-order valence-electron chi connectivity index (χ3n) is 2.75. The van der Waals surface area contributed by atoms with Gasteiger partial charge in [-0.1, -0.05) is 12.1 Å². The predicted octanol–water partition coefficient (Wildman–Crippen LogP) is 2.90. The molecular formula is C18H20Cu2N12O2. The number of pyridine rings is 2. The first-order valence-corrected chi connectivity index (χ1v) is 8.54. The quantitative estimate of drug-likeness (QED) is 0.104. The van der Waals surface area contributed by atoms with E-state index < -0.39 is 0 Å². The van der Waals surface area contributed by atoms with Gasteiger partial charge in [-0.25, -0.2) is 0 Å². The second-order valence-electron chi connectivity index (χ2n) is 5.22. The molecule has 0 N–H and O–H groups in total. The van der Waals surface area contributed by atoms with Crippen LogP contribution >= 0.6 is 0 Å². The third kappa shape index (κ3) is 22.9. The van der Waals surface area contributed by atoms with Crippen LogP contribution in [0.5, 0.6) is 0 Å². The maximum absolute atomic E-state index is 10.5. The Bertz CT molecular complexity index is 895. The molecule has 0 aliphatic rings. The van der Waals surface area contributed by atoms with Gasteiger partial charge in [0, 0.05) is 12.4 Å². The Morgan fingerprint density at radius 3 is 1.15 bits per heavy atom. The molecule has 2 rings (SSSR count). The van der Waals surface area contributed by atoms with E-state index >= 15 is 0 Å². The average molecular weight is 564 g/mol. The summed E-state index contributed by atoms with van der Waals surface area (Å²) in [5.74, 6) is -0.620. The molecule has 2 radical (unpaired) electrons. The summed E-state index contributed by atoms with van der Waals surface area (Å²) in [6.07, 6.45) is 3.34. The third-order valence-corrected chi connectivity index (χ3v) is 2.75. The molecule has 0 saturated heterocycles. The fraction of sp³-hybridized carbons (Fsp3) is 0.222. The Kier molecular flexibility index (Phi) is 28.2. The zero-order valence-electron chi connectivity index (χ0n) is 18.4. The molecule has 14 nitrogen and oxygen atoms in total. The second-order valence-corrected chi connectivity index (χ2v) is 5.22. The molecule has 186 valence electrons. The van der Waals surface area contributed by atoms with Crippen molar-refractivity contribution in [3.8, 4) is 0 Å². The topological polar surface area (TPSA) is 239 Å². The molecule has 0 spiro atoms. The van der Waals surface area contributed by atoms with Gasteiger partial charge in [0.05, 0.1) is 22.8 Å². The molecule has 2 aromatic heterocycles. The minimum Gasteiger partial charge on any atom is -0.861 e. The maximum atomic E-state index is 10.5. The van der Waals surface area contributed by atoms with Crippen LogP contribution in [0.15, 0.2) is 69.2 Å². The SMILES string of the molecule is C/C([O-])=N/N=C(\C)c1ccccn1.C/C([O-])=N/N=C(\C)c1ccccn1.[Cu+2].[Cu+2].[N-]=[N+]=[N-].[N-]=[N+]=[N-]. The average Bonchev–Trinajstić information content (AvgIpc) is 2.78. The maximum Gasteiger partial charge on any atom is 2.00 e. The molecule has 0 saturated carbocycles. The van der Waals surface area contributed by atoms with E-state index in [9.17, 15) is 10.2 Å². The smallest absolute Gasteiger partial charge is 0.861 e. The Balaban J connectivity index is -0.000000205. The van der Waals surface area contributed by atoms with Gasteiger partial charge in [0.25, 0.3) is 0 Å². The minimum atomic E-state index is -0.310. The summed E-state index contributed by atoms with van der Waals surface area (Å²) < 4.78 is 0. The summed E-state index contributed by atoms with van der Waals surface area (Å²) in [5, 5.41) is 35.2. The standard InChI is InChI=1S/2C9H11N3O.2Cu.2N3/c2*1-7(11-12-8(2)13)9-5-3-4-6-10-9;;;2*1-3-2/h2*3-6H,1-2H3,(H,12,13);;;;/q;;2*+2;2*-1/p-2/b2*11-7+;;;;. The first-order chi connectivity index (χ1) is 15.2. The van der Waals surface area contributed by atoms with E-state index in [0.29, 0.717) is 11.4 Å². The molecule has 0 aliphatic heterocycles. The molecule has 2 aromatic rings. The van der Waals surface area contributed by atoms with Crippen LogP contribution in [-0.2, 0) is 34.1 Å². The van der Waals surface area contributed by atoms with Gasteiger partial charge in [-0.2, -0.15) is 20.4 Å². The van der Waals surface area contributed by atoms with E-state index in [1.54, 1.807) is 26.2 Å². The fourth-order valence-corrected chi connectivity index (χ4v) is 1.55. The van der Waals surface area contributed by atoms with Crippen LogP contribution < -0.4 is 10.2 Å². The van der Waals surface area contributed by atoms with Crippen LogP contribution in [0.25, 0.3) is 31.9 Å². The Morgan fingerprint density at radius 2 is 0.941 bits per heavy atom. The molecule has 0 aromatic carbocycles. The summed E-state index contributed by atoms with van der Waals surface area (Å²) in [5.41, 5.74) is 29.7. The van der Waals surface area contributed by atoms with Gasteiger partial charge in [0.15, 0.2) is 0 Å². The second kappa shape index (κ2) is 25.5. The molecule has 0 bridgehead atoms. The summed E-state index contributed by atoms with van der Waals surface area (Å²) in [6, 6.07) is 11.0. The van der Waals surface area contributed by atoms with Crippen LogP contribution in [0, 0.1) is 0 Å². The van der Waals surface area contributed by atoms with Crippen molar-refractivity contribution >= 4 is 23.2 Å². The molecule has 2 heterocycles. The zero-order valence-corrected chi connectivity index (χ0v) is 20.3. The summed E-state index contributed by atoms with van der Waals surface area (Å²) in [6.45, 7) is 6.23. The summed E-state index contributed by atoms with van der Waals surface area (Å²) in [7, 11) is 0. The first-order valence-electron chi connectivity index (χ1n) is 8.54. The zero-order chi connectivity index (χ0) is 24.8. The largest absolute Gasteiger partial charge is 2.00 e. The van der Waals surface area contributed by atoms with Gasteiger partial charge in [-0.3, -0.25) is 19.8 Å². The number of rotatable bonds is 4. The van der Waals surface area contributed by atoms with Crippen molar-refractivity contribution in [1.29, 1.82) is 0 Å². The van der Waals surface area contributed by atoms with Crippen molar-refractivity contribution in [1.82, 2.24) is 9.97 Å². The van der Waals surface area contributed by atoms with Crippen molar-refractivity contribution in [2.24, 2.45) is 20.4 Å². The van der Waals surface area contributed by atoms with E-state index in [1.807, 2.05) is 36.4 Å². The van der Waals surface area contributed by atoms with Crippen molar-refractivity contribution < 1.29 is 44.4 Å². The monoisotopic (exact) mass is 562 g/mol. The van der Waals surface area contributed by atoms with Gasteiger partial charge >= 0.3 is 34.1 Å². The van der Waals surface area contributed by atoms with Crippen LogP contribution in [0.1, 0.15) is 39.1 Å². The molecule has 0 amide bonds. The van der Waals surface area contributed by atoms with E-state index in [1.165, 1.54) is 23.7 Å². The summed E-state index contributed by atoms with van der Waals surface area (Å²) in [4.78, 5) is 11.1. The number of aromatic nitrogens is 2. The van der Waals surface area contributed by atoms with Crippen LogP contribution in [0.2, 0.25) is 0 Å². The Labute approximate surface area is 217 Å². The van der Waals surface area contributed by atoms with Crippen molar-refractivity contribution in [3.05, 3.63) is 92.1 Å².